The van der Waals surface area contributed by atoms with Crippen LogP contribution in [0.4, 0.5) is 4.79 Å². The van der Waals surface area contributed by atoms with Gasteiger partial charge in [-0.05, 0) is 41.8 Å². The van der Waals surface area contributed by atoms with Gasteiger partial charge in [-0.25, -0.2) is 4.79 Å². The highest BCUT2D eigenvalue weighted by Gasteiger charge is 2.27. The van der Waals surface area contributed by atoms with Crippen LogP contribution in [0.1, 0.15) is 34.1 Å². The highest BCUT2D eigenvalue weighted by atomic mass is 16.4. The van der Waals surface area contributed by atoms with Crippen LogP contribution in [-0.4, -0.2) is 65.7 Å². The molecular weight excluding hydrogens is 246 g/mol. The number of amides is 2. The minimum atomic E-state index is -0.922. The molecule has 0 radical (unpaired) electrons. The number of hydrogen-bond donors (Lipinski definition) is 2. The standard InChI is InChI=1S/C13H27N3O3/c1-7-16(10(2)9-15(5)6)12(19)14-13(3,4)8-11(17)18/h10H,7-9H2,1-6H3,(H,14,19)(H,17,18). The van der Waals surface area contributed by atoms with Crippen LogP contribution < -0.4 is 5.32 Å². The third kappa shape index (κ3) is 7.00. The lowest BCUT2D eigenvalue weighted by Crippen LogP contribution is -2.54. The van der Waals surface area contributed by atoms with Crippen molar-refractivity contribution in [3.05, 3.63) is 0 Å². The molecule has 0 aliphatic rings. The number of likely N-dealkylation sites (N-methyl/N-ethyl adjacent to an activating group) is 2. The zero-order valence-electron chi connectivity index (χ0n) is 12.9. The van der Waals surface area contributed by atoms with E-state index in [4.69, 9.17) is 5.11 Å². The smallest absolute Gasteiger partial charge is 0.318 e. The summed E-state index contributed by atoms with van der Waals surface area (Å²) in [5.74, 6) is -0.922. The van der Waals surface area contributed by atoms with Crippen molar-refractivity contribution in [3.63, 3.8) is 0 Å². The van der Waals surface area contributed by atoms with Gasteiger partial charge in [0.05, 0.1) is 6.42 Å². The Kier molecular flexibility index (Phi) is 6.83. The van der Waals surface area contributed by atoms with Crippen LogP contribution in [0.2, 0.25) is 0 Å². The van der Waals surface area contributed by atoms with Gasteiger partial charge in [-0.3, -0.25) is 4.79 Å². The SMILES string of the molecule is CCN(C(=O)NC(C)(C)CC(=O)O)C(C)CN(C)C. The Bertz CT molecular complexity index is 316. The van der Waals surface area contributed by atoms with E-state index in [1.165, 1.54) is 0 Å². The molecule has 6 heteroatoms. The molecule has 0 aliphatic heterocycles. The van der Waals surface area contributed by atoms with Crippen molar-refractivity contribution < 1.29 is 14.7 Å². The van der Waals surface area contributed by atoms with Crippen molar-refractivity contribution in [2.45, 2.75) is 45.7 Å². The van der Waals surface area contributed by atoms with E-state index < -0.39 is 11.5 Å². The highest BCUT2D eigenvalue weighted by Crippen LogP contribution is 2.10. The number of nitrogens with zero attached hydrogens (tertiary/aromatic N) is 2. The number of carboxylic acids is 1. The molecule has 6 nitrogen and oxygen atoms in total. The molecule has 112 valence electrons. The Morgan fingerprint density at radius 1 is 1.32 bits per heavy atom. The molecular formula is C13H27N3O3. The summed E-state index contributed by atoms with van der Waals surface area (Å²) < 4.78 is 0. The second-order valence-corrected chi connectivity index (χ2v) is 5.78. The number of carboxylic acid groups (broad SMARTS) is 1. The normalized spacial score (nSPS) is 13.2. The van der Waals surface area contributed by atoms with E-state index in [1.807, 2.05) is 32.8 Å². The third-order valence-corrected chi connectivity index (χ3v) is 2.80. The van der Waals surface area contributed by atoms with Crippen LogP contribution in [0, 0.1) is 0 Å². The number of rotatable bonds is 7. The maximum Gasteiger partial charge on any atom is 0.318 e. The number of nitrogens with one attached hydrogen (secondary N) is 1. The molecule has 0 saturated carbocycles. The number of carbonyl (C=O) groups excluding carboxylic acids is 1. The van der Waals surface area contributed by atoms with Gasteiger partial charge in [0, 0.05) is 24.7 Å². The van der Waals surface area contributed by atoms with E-state index in [2.05, 4.69) is 5.32 Å². The summed E-state index contributed by atoms with van der Waals surface area (Å²) in [5.41, 5.74) is -0.756. The molecule has 0 fully saturated rings. The highest BCUT2D eigenvalue weighted by molar-refractivity contribution is 5.77. The van der Waals surface area contributed by atoms with Crippen LogP contribution in [-0.2, 0) is 4.79 Å². The van der Waals surface area contributed by atoms with Crippen LogP contribution >= 0.6 is 0 Å². The third-order valence-electron chi connectivity index (χ3n) is 2.80. The van der Waals surface area contributed by atoms with E-state index in [0.717, 1.165) is 6.54 Å². The molecule has 19 heavy (non-hydrogen) atoms. The van der Waals surface area contributed by atoms with Crippen LogP contribution in [0.15, 0.2) is 0 Å². The lowest BCUT2D eigenvalue weighted by Gasteiger charge is -2.34. The minimum Gasteiger partial charge on any atom is -0.481 e. The van der Waals surface area contributed by atoms with Crippen LogP contribution in [0.3, 0.4) is 0 Å². The summed E-state index contributed by atoms with van der Waals surface area (Å²) in [4.78, 5) is 26.7. The van der Waals surface area contributed by atoms with Crippen molar-refractivity contribution >= 4 is 12.0 Å². The van der Waals surface area contributed by atoms with Gasteiger partial charge in [0.25, 0.3) is 0 Å². The second kappa shape index (κ2) is 7.33. The van der Waals surface area contributed by atoms with Gasteiger partial charge in [0.15, 0.2) is 0 Å². The lowest BCUT2D eigenvalue weighted by atomic mass is 10.0. The van der Waals surface area contributed by atoms with Crippen LogP contribution in [0.5, 0.6) is 0 Å². The lowest BCUT2D eigenvalue weighted by molar-refractivity contribution is -0.138. The topological polar surface area (TPSA) is 72.9 Å². The molecule has 0 bridgehead atoms. The summed E-state index contributed by atoms with van der Waals surface area (Å²) >= 11 is 0. The summed E-state index contributed by atoms with van der Waals surface area (Å²) in [7, 11) is 3.91. The van der Waals surface area contributed by atoms with E-state index in [0.29, 0.717) is 6.54 Å². The molecule has 2 amide bonds. The van der Waals surface area contributed by atoms with E-state index in [9.17, 15) is 9.59 Å². The predicted octanol–water partition coefficient (Wildman–Crippen LogP) is 1.22. The van der Waals surface area contributed by atoms with E-state index in [1.54, 1.807) is 18.7 Å². The monoisotopic (exact) mass is 273 g/mol. The first-order valence-electron chi connectivity index (χ1n) is 6.54. The molecule has 0 aromatic rings. The average Bonchev–Trinajstić information content (AvgIpc) is 2.13. The fraction of sp³-hybridized carbons (Fsp3) is 0.846. The zero-order valence-corrected chi connectivity index (χ0v) is 12.9. The quantitative estimate of drug-likeness (QED) is 0.731. The van der Waals surface area contributed by atoms with Crippen molar-refractivity contribution in [2.24, 2.45) is 0 Å². The summed E-state index contributed by atoms with van der Waals surface area (Å²) in [5, 5.41) is 11.6. The number of urea groups is 1. The molecule has 0 spiro atoms. The Morgan fingerprint density at radius 3 is 2.21 bits per heavy atom. The van der Waals surface area contributed by atoms with Gasteiger partial charge < -0.3 is 20.2 Å². The van der Waals surface area contributed by atoms with Crippen molar-refractivity contribution in [1.82, 2.24) is 15.1 Å². The average molecular weight is 273 g/mol. The number of carbonyl (C=O) groups is 2. The minimum absolute atomic E-state index is 0.0700. The molecule has 0 heterocycles. The van der Waals surface area contributed by atoms with Gasteiger partial charge in [-0.15, -0.1) is 0 Å². The maximum absolute atomic E-state index is 12.2. The Labute approximate surface area is 115 Å². The van der Waals surface area contributed by atoms with Gasteiger partial charge in [0.2, 0.25) is 0 Å². The first-order chi connectivity index (χ1) is 8.59. The Balaban J connectivity index is 4.63. The molecule has 0 rings (SSSR count). The van der Waals surface area contributed by atoms with E-state index in [-0.39, 0.29) is 18.5 Å². The second-order valence-electron chi connectivity index (χ2n) is 5.78. The van der Waals surface area contributed by atoms with Gasteiger partial charge in [-0.1, -0.05) is 0 Å². The predicted molar refractivity (Wildman–Crippen MR) is 75.3 cm³/mol. The maximum atomic E-state index is 12.2. The number of hydrogen-bond acceptors (Lipinski definition) is 3. The molecule has 2 N–H and O–H groups in total. The summed E-state index contributed by atoms with van der Waals surface area (Å²) in [6.07, 6.45) is -0.0989. The molecule has 1 atom stereocenters. The van der Waals surface area contributed by atoms with Crippen LogP contribution in [0.25, 0.3) is 0 Å². The zero-order chi connectivity index (χ0) is 15.2. The van der Waals surface area contributed by atoms with Crippen molar-refractivity contribution in [2.75, 3.05) is 27.2 Å². The molecule has 0 aromatic carbocycles. The molecule has 0 aliphatic carbocycles. The molecule has 0 aromatic heterocycles. The first-order valence-corrected chi connectivity index (χ1v) is 6.54. The molecule has 0 saturated heterocycles. The van der Waals surface area contributed by atoms with Gasteiger partial charge >= 0.3 is 12.0 Å². The summed E-state index contributed by atoms with van der Waals surface area (Å²) in [6, 6.07) is -0.149. The fourth-order valence-corrected chi connectivity index (χ4v) is 2.07. The largest absolute Gasteiger partial charge is 0.481 e. The molecule has 1 unspecified atom stereocenters. The summed E-state index contributed by atoms with van der Waals surface area (Å²) in [6.45, 7) is 8.67. The number of aliphatic carboxylic acids is 1. The Hall–Kier alpha value is -1.30. The first kappa shape index (κ1) is 17.7. The van der Waals surface area contributed by atoms with Crippen molar-refractivity contribution in [1.29, 1.82) is 0 Å². The Morgan fingerprint density at radius 2 is 1.84 bits per heavy atom. The van der Waals surface area contributed by atoms with Crippen molar-refractivity contribution in [3.8, 4) is 0 Å². The fourth-order valence-electron chi connectivity index (χ4n) is 2.07. The van der Waals surface area contributed by atoms with Gasteiger partial charge in [-0.2, -0.15) is 0 Å². The van der Waals surface area contributed by atoms with Gasteiger partial charge in [0.1, 0.15) is 0 Å². The van der Waals surface area contributed by atoms with E-state index >= 15 is 0 Å².